The predicted octanol–water partition coefficient (Wildman–Crippen LogP) is 5.43. The first-order chi connectivity index (χ1) is 16.2. The van der Waals surface area contributed by atoms with Crippen molar-refractivity contribution in [2.75, 3.05) is 28.4 Å². The average Bonchev–Trinajstić information content (AvgIpc) is 3.52. The van der Waals surface area contributed by atoms with E-state index in [1.54, 1.807) is 52.1 Å². The van der Waals surface area contributed by atoms with Crippen molar-refractivity contribution < 1.29 is 18.9 Å². The summed E-state index contributed by atoms with van der Waals surface area (Å²) in [6.45, 7) is 0. The highest BCUT2D eigenvalue weighted by molar-refractivity contribution is 7.14. The van der Waals surface area contributed by atoms with Crippen LogP contribution in [-0.4, -0.2) is 39.3 Å². The number of benzene rings is 2. The molecule has 170 valence electrons. The van der Waals surface area contributed by atoms with Crippen LogP contribution in [0.25, 0.3) is 10.6 Å². The Kier molecular flexibility index (Phi) is 7.11. The Morgan fingerprint density at radius 3 is 2.18 bits per heavy atom. The molecule has 7 nitrogen and oxygen atoms in total. The van der Waals surface area contributed by atoms with Crippen molar-refractivity contribution in [1.82, 2.24) is 4.68 Å². The summed E-state index contributed by atoms with van der Waals surface area (Å²) in [5.74, 6) is 2.59. The molecule has 0 atom stereocenters. The number of nitrogens with zero attached hydrogens (tertiary/aromatic N) is 3. The van der Waals surface area contributed by atoms with Gasteiger partial charge in [-0.2, -0.15) is 5.10 Å². The maximum absolute atomic E-state index is 5.54. The van der Waals surface area contributed by atoms with E-state index in [4.69, 9.17) is 29.0 Å². The van der Waals surface area contributed by atoms with Crippen LogP contribution in [0.4, 0.5) is 5.69 Å². The maximum Gasteiger partial charge on any atom is 0.211 e. The molecule has 0 aliphatic rings. The lowest BCUT2D eigenvalue weighted by Gasteiger charge is -2.12. The van der Waals surface area contributed by atoms with Gasteiger partial charge in [-0.25, -0.2) is 9.67 Å². The Labute approximate surface area is 199 Å². The minimum absolute atomic E-state index is 0.587. The van der Waals surface area contributed by atoms with Crippen LogP contribution in [0.5, 0.6) is 23.0 Å². The molecule has 2 heterocycles. The molecule has 0 saturated heterocycles. The maximum atomic E-state index is 5.54. The van der Waals surface area contributed by atoms with Crippen molar-refractivity contribution in [1.29, 1.82) is 0 Å². The molecule has 0 aliphatic heterocycles. The van der Waals surface area contributed by atoms with Crippen molar-refractivity contribution >= 4 is 34.6 Å². The second-order valence-electron chi connectivity index (χ2n) is 6.70. The summed E-state index contributed by atoms with van der Waals surface area (Å²) in [6, 6.07) is 15.3. The van der Waals surface area contributed by atoms with Gasteiger partial charge in [-0.05, 0) is 41.8 Å². The molecule has 0 amide bonds. The molecule has 0 spiro atoms. The molecule has 2 aromatic carbocycles. The zero-order valence-corrected chi connectivity index (χ0v) is 20.3. The molecular formula is C24H23N3O4S2. The Morgan fingerprint density at radius 1 is 0.818 bits per heavy atom. The molecule has 4 aromatic rings. The molecule has 0 N–H and O–H groups in total. The summed E-state index contributed by atoms with van der Waals surface area (Å²) >= 11 is 3.17. The van der Waals surface area contributed by atoms with Crippen LogP contribution >= 0.6 is 22.7 Å². The third-order valence-corrected chi connectivity index (χ3v) is 6.51. The monoisotopic (exact) mass is 481 g/mol. The van der Waals surface area contributed by atoms with Gasteiger partial charge in [-0.3, -0.25) is 0 Å². The minimum atomic E-state index is 0.587. The van der Waals surface area contributed by atoms with Crippen LogP contribution in [0, 0.1) is 0 Å². The third kappa shape index (κ3) is 4.94. The van der Waals surface area contributed by atoms with E-state index < -0.39 is 0 Å². The van der Waals surface area contributed by atoms with Crippen LogP contribution in [-0.2, 0) is 0 Å². The van der Waals surface area contributed by atoms with Crippen LogP contribution in [0.2, 0.25) is 0 Å². The number of hydrogen-bond acceptors (Lipinski definition) is 8. The van der Waals surface area contributed by atoms with Crippen LogP contribution in [0.3, 0.4) is 0 Å². The van der Waals surface area contributed by atoms with Crippen LogP contribution < -0.4 is 23.7 Å². The summed E-state index contributed by atoms with van der Waals surface area (Å²) in [5, 5.41) is 8.87. The molecule has 2 aromatic heterocycles. The zero-order valence-electron chi connectivity index (χ0n) is 18.6. The summed E-state index contributed by atoms with van der Waals surface area (Å²) in [5.41, 5.74) is 2.52. The minimum Gasteiger partial charge on any atom is -0.497 e. The number of thiazole rings is 1. The van der Waals surface area contributed by atoms with Gasteiger partial charge in [0.25, 0.3) is 0 Å². The smallest absolute Gasteiger partial charge is 0.211 e. The number of ether oxygens (including phenoxy) is 4. The molecule has 0 fully saturated rings. The van der Waals surface area contributed by atoms with E-state index in [9.17, 15) is 0 Å². The topological polar surface area (TPSA) is 66.6 Å². The number of thiophene rings is 1. The first-order valence-corrected chi connectivity index (χ1v) is 11.7. The number of methoxy groups -OCH3 is 4. The highest BCUT2D eigenvalue weighted by Crippen LogP contribution is 2.34. The van der Waals surface area contributed by atoms with Crippen molar-refractivity contribution in [2.45, 2.75) is 0 Å². The van der Waals surface area contributed by atoms with Crippen molar-refractivity contribution in [3.63, 3.8) is 0 Å². The van der Waals surface area contributed by atoms with E-state index in [-0.39, 0.29) is 0 Å². The second kappa shape index (κ2) is 10.4. The molecule has 0 unspecified atom stereocenters. The van der Waals surface area contributed by atoms with E-state index in [0.29, 0.717) is 17.2 Å². The average molecular weight is 482 g/mol. The predicted molar refractivity (Wildman–Crippen MR) is 133 cm³/mol. The summed E-state index contributed by atoms with van der Waals surface area (Å²) in [7, 11) is 6.44. The molecule has 9 heteroatoms. The van der Waals surface area contributed by atoms with Gasteiger partial charge in [0.2, 0.25) is 4.80 Å². The fourth-order valence-electron chi connectivity index (χ4n) is 3.12. The van der Waals surface area contributed by atoms with Crippen LogP contribution in [0.15, 0.2) is 69.4 Å². The Hall–Kier alpha value is -3.56. The Bertz CT molecular complexity index is 1310. The van der Waals surface area contributed by atoms with Crippen molar-refractivity contribution in [3.8, 4) is 33.6 Å². The van der Waals surface area contributed by atoms with Gasteiger partial charge in [0, 0.05) is 17.0 Å². The second-order valence-corrected chi connectivity index (χ2v) is 8.48. The quantitative estimate of drug-likeness (QED) is 0.315. The summed E-state index contributed by atoms with van der Waals surface area (Å²) in [6.07, 6.45) is 1.73. The number of aromatic nitrogens is 1. The van der Waals surface area contributed by atoms with Crippen molar-refractivity contribution in [2.24, 2.45) is 10.1 Å². The lowest BCUT2D eigenvalue weighted by molar-refractivity contribution is 0.349. The van der Waals surface area contributed by atoms with Gasteiger partial charge >= 0.3 is 0 Å². The SMILES string of the molecule is COc1ccc(N=c2scc(-c3cccs3)n2N=Cc2cc(OC)c(OC)cc2OC)cc1. The van der Waals surface area contributed by atoms with Gasteiger partial charge in [0.15, 0.2) is 11.5 Å². The zero-order chi connectivity index (χ0) is 23.2. The van der Waals surface area contributed by atoms with Crippen LogP contribution in [0.1, 0.15) is 5.56 Å². The molecule has 33 heavy (non-hydrogen) atoms. The fourth-order valence-corrected chi connectivity index (χ4v) is 4.77. The Morgan fingerprint density at radius 2 is 1.55 bits per heavy atom. The molecule has 0 radical (unpaired) electrons. The van der Waals surface area contributed by atoms with E-state index in [1.165, 1.54) is 11.3 Å². The van der Waals surface area contributed by atoms with E-state index in [1.807, 2.05) is 46.5 Å². The highest BCUT2D eigenvalue weighted by Gasteiger charge is 2.12. The number of hydrogen-bond donors (Lipinski definition) is 0. The standard InChI is InChI=1S/C24H23N3O4S2/c1-28-18-9-7-17(8-10-18)26-24-27(19(15-33-24)23-6-5-11-32-23)25-14-16-12-21(30-3)22(31-4)13-20(16)29-2/h5-15H,1-4H3. The van der Waals surface area contributed by atoms with Gasteiger partial charge < -0.3 is 18.9 Å². The fraction of sp³-hybridized carbons (Fsp3) is 0.167. The molecule has 4 rings (SSSR count). The lowest BCUT2D eigenvalue weighted by Crippen LogP contribution is -2.11. The highest BCUT2D eigenvalue weighted by atomic mass is 32.1. The first kappa shape index (κ1) is 22.6. The van der Waals surface area contributed by atoms with E-state index in [0.717, 1.165) is 32.4 Å². The Balaban J connectivity index is 1.82. The molecule has 0 bridgehead atoms. The molecule has 0 saturated carbocycles. The molecule has 0 aliphatic carbocycles. The van der Waals surface area contributed by atoms with E-state index in [2.05, 4.69) is 11.4 Å². The lowest BCUT2D eigenvalue weighted by atomic mass is 10.2. The third-order valence-electron chi connectivity index (χ3n) is 4.80. The van der Waals surface area contributed by atoms with Gasteiger partial charge in [-0.15, -0.1) is 22.7 Å². The van der Waals surface area contributed by atoms with Crippen molar-refractivity contribution in [3.05, 3.63) is 69.7 Å². The largest absolute Gasteiger partial charge is 0.497 e. The normalized spacial score (nSPS) is 11.7. The molecular weight excluding hydrogens is 458 g/mol. The van der Waals surface area contributed by atoms with Gasteiger partial charge in [0.1, 0.15) is 11.5 Å². The van der Waals surface area contributed by atoms with E-state index >= 15 is 0 Å². The summed E-state index contributed by atoms with van der Waals surface area (Å²) in [4.78, 5) is 6.64. The summed E-state index contributed by atoms with van der Waals surface area (Å²) < 4.78 is 23.4. The van der Waals surface area contributed by atoms with Gasteiger partial charge in [0.05, 0.1) is 50.9 Å². The van der Waals surface area contributed by atoms with Gasteiger partial charge in [-0.1, -0.05) is 6.07 Å². The number of rotatable bonds is 8. The first-order valence-electron chi connectivity index (χ1n) is 9.94.